The zero-order valence-corrected chi connectivity index (χ0v) is 8.41. The van der Waals surface area contributed by atoms with E-state index in [1.807, 2.05) is 4.90 Å². The quantitative estimate of drug-likeness (QED) is 0.632. The summed E-state index contributed by atoms with van der Waals surface area (Å²) in [6.07, 6.45) is 0.836. The standard InChI is InChI=1S/C9H17NO3/c1-9(2,12)6-10-5-4-7(10)8(11)13-3/h7,12H,4-6H2,1-3H3. The summed E-state index contributed by atoms with van der Waals surface area (Å²) in [6, 6.07) is -0.142. The largest absolute Gasteiger partial charge is 0.468 e. The van der Waals surface area contributed by atoms with Crippen molar-refractivity contribution in [2.75, 3.05) is 20.2 Å². The van der Waals surface area contributed by atoms with Crippen LogP contribution in [0.2, 0.25) is 0 Å². The van der Waals surface area contributed by atoms with Gasteiger partial charge in [-0.1, -0.05) is 0 Å². The van der Waals surface area contributed by atoms with Gasteiger partial charge in [0, 0.05) is 13.1 Å². The molecule has 1 atom stereocenters. The van der Waals surface area contributed by atoms with E-state index in [0.717, 1.165) is 13.0 Å². The predicted octanol–water partition coefficient (Wildman–Crippen LogP) is 0.00460. The highest BCUT2D eigenvalue weighted by atomic mass is 16.5. The van der Waals surface area contributed by atoms with Crippen LogP contribution in [0.5, 0.6) is 0 Å². The van der Waals surface area contributed by atoms with Gasteiger partial charge >= 0.3 is 5.97 Å². The van der Waals surface area contributed by atoms with Crippen molar-refractivity contribution in [1.82, 2.24) is 4.90 Å². The first-order valence-electron chi connectivity index (χ1n) is 4.48. The Morgan fingerprint density at radius 1 is 1.69 bits per heavy atom. The molecule has 0 bridgehead atoms. The van der Waals surface area contributed by atoms with Crippen LogP contribution in [-0.2, 0) is 9.53 Å². The Bertz CT molecular complexity index is 198. The van der Waals surface area contributed by atoms with Gasteiger partial charge < -0.3 is 9.84 Å². The summed E-state index contributed by atoms with van der Waals surface area (Å²) >= 11 is 0. The summed E-state index contributed by atoms with van der Waals surface area (Å²) in [5.74, 6) is -0.199. The lowest BCUT2D eigenvalue weighted by molar-refractivity contribution is -0.153. The van der Waals surface area contributed by atoms with Gasteiger partial charge in [-0.3, -0.25) is 9.69 Å². The molecule has 1 N–H and O–H groups in total. The van der Waals surface area contributed by atoms with Crippen LogP contribution in [0.25, 0.3) is 0 Å². The smallest absolute Gasteiger partial charge is 0.323 e. The molecular formula is C9H17NO3. The van der Waals surface area contributed by atoms with Crippen molar-refractivity contribution in [3.05, 3.63) is 0 Å². The predicted molar refractivity (Wildman–Crippen MR) is 48.3 cm³/mol. The molecule has 1 rings (SSSR count). The van der Waals surface area contributed by atoms with Crippen molar-refractivity contribution in [2.45, 2.75) is 31.9 Å². The van der Waals surface area contributed by atoms with E-state index >= 15 is 0 Å². The summed E-state index contributed by atoms with van der Waals surface area (Å²) in [7, 11) is 1.39. The van der Waals surface area contributed by atoms with Crippen LogP contribution in [-0.4, -0.2) is 47.8 Å². The van der Waals surface area contributed by atoms with Crippen LogP contribution in [0.4, 0.5) is 0 Å². The topological polar surface area (TPSA) is 49.8 Å². The third-order valence-corrected chi connectivity index (χ3v) is 2.19. The van der Waals surface area contributed by atoms with E-state index in [0.29, 0.717) is 6.54 Å². The number of rotatable bonds is 3. The zero-order valence-electron chi connectivity index (χ0n) is 8.41. The van der Waals surface area contributed by atoms with Crippen LogP contribution in [0, 0.1) is 0 Å². The Hall–Kier alpha value is -0.610. The maximum Gasteiger partial charge on any atom is 0.323 e. The molecule has 1 saturated heterocycles. The molecule has 13 heavy (non-hydrogen) atoms. The first kappa shape index (κ1) is 10.5. The van der Waals surface area contributed by atoms with Crippen LogP contribution < -0.4 is 0 Å². The summed E-state index contributed by atoms with van der Waals surface area (Å²) < 4.78 is 4.64. The molecule has 1 unspecified atom stereocenters. The zero-order chi connectivity index (χ0) is 10.1. The molecule has 76 valence electrons. The first-order valence-corrected chi connectivity index (χ1v) is 4.48. The molecule has 0 amide bonds. The maximum atomic E-state index is 11.1. The number of carbonyl (C=O) groups is 1. The average Bonchev–Trinajstić information content (AvgIpc) is 1.96. The summed E-state index contributed by atoms with van der Waals surface area (Å²) in [6.45, 7) is 4.86. The highest BCUT2D eigenvalue weighted by molar-refractivity contribution is 5.76. The van der Waals surface area contributed by atoms with Crippen LogP contribution in [0.1, 0.15) is 20.3 Å². The van der Waals surface area contributed by atoms with Gasteiger partial charge in [-0.05, 0) is 20.3 Å². The molecule has 1 aliphatic heterocycles. The molecule has 4 heteroatoms. The number of aliphatic hydroxyl groups is 1. The van der Waals surface area contributed by atoms with Gasteiger partial charge in [0.2, 0.25) is 0 Å². The van der Waals surface area contributed by atoms with E-state index in [4.69, 9.17) is 0 Å². The number of likely N-dealkylation sites (tertiary alicyclic amines) is 1. The van der Waals surface area contributed by atoms with Crippen molar-refractivity contribution >= 4 is 5.97 Å². The Balaban J connectivity index is 2.41. The number of ether oxygens (including phenoxy) is 1. The van der Waals surface area contributed by atoms with Crippen molar-refractivity contribution in [3.63, 3.8) is 0 Å². The van der Waals surface area contributed by atoms with Crippen LogP contribution >= 0.6 is 0 Å². The van der Waals surface area contributed by atoms with Gasteiger partial charge in [0.15, 0.2) is 0 Å². The molecule has 0 aliphatic carbocycles. The van der Waals surface area contributed by atoms with E-state index in [9.17, 15) is 9.90 Å². The highest BCUT2D eigenvalue weighted by Gasteiger charge is 2.37. The lowest BCUT2D eigenvalue weighted by Gasteiger charge is -2.41. The van der Waals surface area contributed by atoms with E-state index in [-0.39, 0.29) is 12.0 Å². The number of nitrogens with zero attached hydrogens (tertiary/aromatic N) is 1. The normalized spacial score (nSPS) is 23.8. The Labute approximate surface area is 78.5 Å². The Morgan fingerprint density at radius 2 is 2.31 bits per heavy atom. The van der Waals surface area contributed by atoms with Crippen molar-refractivity contribution in [3.8, 4) is 0 Å². The minimum absolute atomic E-state index is 0.142. The number of esters is 1. The summed E-state index contributed by atoms with van der Waals surface area (Å²) in [4.78, 5) is 13.1. The fraction of sp³-hybridized carbons (Fsp3) is 0.889. The molecule has 1 heterocycles. The summed E-state index contributed by atoms with van der Waals surface area (Å²) in [5, 5.41) is 9.53. The third-order valence-electron chi connectivity index (χ3n) is 2.19. The summed E-state index contributed by atoms with van der Waals surface area (Å²) in [5.41, 5.74) is -0.743. The molecule has 0 aromatic rings. The van der Waals surface area contributed by atoms with Gasteiger partial charge in [-0.25, -0.2) is 0 Å². The SMILES string of the molecule is COC(=O)C1CCN1CC(C)(C)O. The Morgan fingerprint density at radius 3 is 2.62 bits per heavy atom. The maximum absolute atomic E-state index is 11.1. The second kappa shape index (κ2) is 3.64. The first-order chi connectivity index (χ1) is 5.94. The second-order valence-electron chi connectivity index (χ2n) is 4.11. The van der Waals surface area contributed by atoms with Gasteiger partial charge in [-0.15, -0.1) is 0 Å². The average molecular weight is 187 g/mol. The molecule has 4 nitrogen and oxygen atoms in total. The molecule has 0 aromatic heterocycles. The van der Waals surface area contributed by atoms with Gasteiger partial charge in [-0.2, -0.15) is 0 Å². The molecule has 0 spiro atoms. The van der Waals surface area contributed by atoms with E-state index in [1.54, 1.807) is 13.8 Å². The van der Waals surface area contributed by atoms with Crippen molar-refractivity contribution in [2.24, 2.45) is 0 Å². The monoisotopic (exact) mass is 187 g/mol. The van der Waals surface area contributed by atoms with Crippen LogP contribution in [0.3, 0.4) is 0 Å². The van der Waals surface area contributed by atoms with Crippen LogP contribution in [0.15, 0.2) is 0 Å². The van der Waals surface area contributed by atoms with Gasteiger partial charge in [0.1, 0.15) is 6.04 Å². The van der Waals surface area contributed by atoms with Gasteiger partial charge in [0.25, 0.3) is 0 Å². The molecular weight excluding hydrogens is 170 g/mol. The van der Waals surface area contributed by atoms with Gasteiger partial charge in [0.05, 0.1) is 12.7 Å². The molecule has 1 fully saturated rings. The lowest BCUT2D eigenvalue weighted by Crippen LogP contribution is -2.56. The number of β-amino-alcohol motifs (C(OH)–C–C–N with tert-alkyl or cyclic N) is 1. The molecule has 1 aliphatic rings. The second-order valence-corrected chi connectivity index (χ2v) is 4.11. The minimum Gasteiger partial charge on any atom is -0.468 e. The molecule has 0 radical (unpaired) electrons. The number of hydrogen-bond donors (Lipinski definition) is 1. The molecule has 0 saturated carbocycles. The fourth-order valence-corrected chi connectivity index (χ4v) is 1.53. The number of carbonyl (C=O) groups excluding carboxylic acids is 1. The highest BCUT2D eigenvalue weighted by Crippen LogP contribution is 2.21. The number of methoxy groups -OCH3 is 1. The third kappa shape index (κ3) is 2.67. The lowest BCUT2D eigenvalue weighted by atomic mass is 9.99. The Kier molecular flexibility index (Phi) is 2.93. The van der Waals surface area contributed by atoms with E-state index in [1.165, 1.54) is 7.11 Å². The van der Waals surface area contributed by atoms with E-state index in [2.05, 4.69) is 4.74 Å². The van der Waals surface area contributed by atoms with Crippen molar-refractivity contribution < 1.29 is 14.6 Å². The van der Waals surface area contributed by atoms with Crippen molar-refractivity contribution in [1.29, 1.82) is 0 Å². The fourth-order valence-electron chi connectivity index (χ4n) is 1.53. The number of hydrogen-bond acceptors (Lipinski definition) is 4. The van der Waals surface area contributed by atoms with E-state index < -0.39 is 5.60 Å². The molecule has 0 aromatic carbocycles. The minimum atomic E-state index is -0.743.